The fourth-order valence-corrected chi connectivity index (χ4v) is 2.69. The Balaban J connectivity index is 0.00000145. The fourth-order valence-electron chi connectivity index (χ4n) is 2.61. The molecule has 2 heterocycles. The summed E-state index contributed by atoms with van der Waals surface area (Å²) in [5, 5.41) is 7.91. The molecular weight excluding hydrogens is 407 g/mol. The van der Waals surface area contributed by atoms with Crippen molar-refractivity contribution in [3.63, 3.8) is 0 Å². The van der Waals surface area contributed by atoms with E-state index in [2.05, 4.69) is 25.9 Å². The monoisotopic (exact) mass is 429 g/mol. The van der Waals surface area contributed by atoms with Gasteiger partial charge >= 0.3 is 6.18 Å². The van der Waals surface area contributed by atoms with Crippen LogP contribution >= 0.6 is 11.6 Å². The molecule has 1 aliphatic rings. The van der Waals surface area contributed by atoms with Crippen LogP contribution in [-0.4, -0.2) is 27.8 Å². The van der Waals surface area contributed by atoms with Gasteiger partial charge in [0.25, 0.3) is 0 Å². The van der Waals surface area contributed by atoms with E-state index >= 15 is 0 Å². The number of alkyl halides is 4. The van der Waals surface area contributed by atoms with Crippen molar-refractivity contribution >= 4 is 40.6 Å². The van der Waals surface area contributed by atoms with Gasteiger partial charge in [0.2, 0.25) is 11.9 Å². The first kappa shape index (κ1) is 22.7. The predicted octanol–water partition coefficient (Wildman–Crippen LogP) is 5.19. The largest absolute Gasteiger partial charge is 0.421 e. The van der Waals surface area contributed by atoms with Gasteiger partial charge in [-0.15, -0.1) is 11.6 Å². The van der Waals surface area contributed by atoms with Crippen LogP contribution in [0.1, 0.15) is 38.3 Å². The molecule has 1 unspecified atom stereocenters. The van der Waals surface area contributed by atoms with Crippen molar-refractivity contribution in [3.8, 4) is 0 Å². The molecule has 3 N–H and O–H groups in total. The Hall–Kier alpha value is -2.55. The molecule has 0 saturated carbocycles. The number of hydrogen-bond acceptors (Lipinski definition) is 5. The highest BCUT2D eigenvalue weighted by Gasteiger charge is 2.35. The Labute approximate surface area is 172 Å². The lowest BCUT2D eigenvalue weighted by Gasteiger charge is -2.18. The van der Waals surface area contributed by atoms with Crippen LogP contribution in [-0.2, 0) is 17.4 Å². The number of aromatic nitrogens is 2. The van der Waals surface area contributed by atoms with Crippen LogP contribution in [0.5, 0.6) is 0 Å². The summed E-state index contributed by atoms with van der Waals surface area (Å²) in [7, 11) is 0. The predicted molar refractivity (Wildman–Crippen MR) is 109 cm³/mol. The van der Waals surface area contributed by atoms with Gasteiger partial charge in [-0.2, -0.15) is 18.2 Å². The summed E-state index contributed by atoms with van der Waals surface area (Å²) < 4.78 is 39.4. The van der Waals surface area contributed by atoms with Crippen LogP contribution in [0, 0.1) is 0 Å². The smallest absolute Gasteiger partial charge is 0.368 e. The van der Waals surface area contributed by atoms with Crippen LogP contribution < -0.4 is 16.0 Å². The normalized spacial score (nSPS) is 14.1. The molecule has 1 aliphatic heterocycles. The Bertz CT molecular complexity index is 858. The van der Waals surface area contributed by atoms with E-state index in [-0.39, 0.29) is 29.6 Å². The van der Waals surface area contributed by atoms with Crippen molar-refractivity contribution < 1.29 is 18.0 Å². The molecule has 1 amide bonds. The minimum atomic E-state index is -4.58. The third-order valence-corrected chi connectivity index (χ3v) is 4.06. The molecule has 3 rings (SSSR count). The number of anilines is 4. The molecule has 0 fully saturated rings. The second kappa shape index (κ2) is 9.78. The first-order chi connectivity index (χ1) is 13.7. The first-order valence-corrected chi connectivity index (χ1v) is 9.68. The highest BCUT2D eigenvalue weighted by atomic mass is 35.5. The maximum Gasteiger partial charge on any atom is 0.421 e. The van der Waals surface area contributed by atoms with Gasteiger partial charge < -0.3 is 16.0 Å². The third-order valence-electron chi connectivity index (χ3n) is 3.90. The average Bonchev–Trinajstić information content (AvgIpc) is 2.67. The van der Waals surface area contributed by atoms with Gasteiger partial charge in [0.15, 0.2) is 0 Å². The van der Waals surface area contributed by atoms with Crippen molar-refractivity contribution in [1.29, 1.82) is 0 Å². The van der Waals surface area contributed by atoms with Crippen molar-refractivity contribution in [2.45, 2.75) is 45.2 Å². The molecule has 1 aromatic heterocycles. The van der Waals surface area contributed by atoms with Gasteiger partial charge in [0, 0.05) is 35.9 Å². The number of halogens is 4. The lowest BCUT2D eigenvalue weighted by Crippen LogP contribution is -2.19. The Morgan fingerprint density at radius 2 is 2.00 bits per heavy atom. The van der Waals surface area contributed by atoms with Gasteiger partial charge in [-0.1, -0.05) is 13.8 Å². The molecule has 0 spiro atoms. The Morgan fingerprint density at radius 1 is 1.28 bits per heavy atom. The van der Waals surface area contributed by atoms with Gasteiger partial charge in [0.1, 0.15) is 11.4 Å². The molecular formula is C19H23ClF3N5O. The molecule has 10 heteroatoms. The second-order valence-electron chi connectivity index (χ2n) is 6.16. The van der Waals surface area contributed by atoms with E-state index in [0.717, 1.165) is 17.4 Å². The minimum absolute atomic E-state index is 0.0209. The van der Waals surface area contributed by atoms with E-state index < -0.39 is 11.7 Å². The maximum absolute atomic E-state index is 13.1. The van der Waals surface area contributed by atoms with E-state index in [1.54, 1.807) is 19.1 Å². The van der Waals surface area contributed by atoms with Crippen molar-refractivity contribution in [3.05, 3.63) is 35.5 Å². The molecule has 6 nitrogen and oxygen atoms in total. The second-order valence-corrected chi connectivity index (χ2v) is 6.91. The average molecular weight is 430 g/mol. The zero-order valence-electron chi connectivity index (χ0n) is 16.3. The van der Waals surface area contributed by atoms with Gasteiger partial charge in [-0.05, 0) is 37.1 Å². The number of nitrogens with one attached hydrogen (secondary N) is 3. The summed E-state index contributed by atoms with van der Waals surface area (Å²) in [5.41, 5.74) is 1.31. The Morgan fingerprint density at radius 3 is 2.66 bits per heavy atom. The van der Waals surface area contributed by atoms with E-state index in [1.807, 2.05) is 19.9 Å². The Kier molecular flexibility index (Phi) is 7.66. The van der Waals surface area contributed by atoms with Crippen molar-refractivity contribution in [1.82, 2.24) is 9.97 Å². The number of benzene rings is 1. The first-order valence-electron chi connectivity index (χ1n) is 9.24. The molecule has 158 valence electrons. The molecule has 2 aromatic rings. The minimum Gasteiger partial charge on any atom is -0.368 e. The highest BCUT2D eigenvalue weighted by molar-refractivity contribution is 6.20. The number of carbonyl (C=O) groups excluding carboxylic acids is 1. The number of aryl methyl sites for hydroxylation is 1. The number of nitrogens with zero attached hydrogens (tertiary/aromatic N) is 2. The third kappa shape index (κ3) is 6.22. The summed E-state index contributed by atoms with van der Waals surface area (Å²) in [6.45, 7) is 5.79. The van der Waals surface area contributed by atoms with Gasteiger partial charge in [0.05, 0.1) is 0 Å². The number of fused-ring (bicyclic) bond motifs is 1. The molecule has 0 bridgehead atoms. The molecule has 0 radical (unpaired) electrons. The van der Waals surface area contributed by atoms with E-state index in [9.17, 15) is 18.0 Å². The molecule has 1 atom stereocenters. The fraction of sp³-hybridized carbons (Fsp3) is 0.421. The lowest BCUT2D eigenvalue weighted by atomic mass is 10.0. The highest BCUT2D eigenvalue weighted by Crippen LogP contribution is 2.34. The SMILES string of the molecule is CC.CC(Cl)CNc1nc(Nc2ccc3c(c2)CCC(=O)N3)ncc1C(F)(F)F. The quantitative estimate of drug-likeness (QED) is 0.570. The van der Waals surface area contributed by atoms with Crippen LogP contribution in [0.15, 0.2) is 24.4 Å². The van der Waals surface area contributed by atoms with Crippen LogP contribution in [0.25, 0.3) is 0 Å². The molecule has 0 saturated heterocycles. The summed E-state index contributed by atoms with van der Waals surface area (Å²) in [5.74, 6) is -0.358. The summed E-state index contributed by atoms with van der Waals surface area (Å²) in [6.07, 6.45) is -2.88. The molecule has 0 aliphatic carbocycles. The maximum atomic E-state index is 13.1. The van der Waals surface area contributed by atoms with Crippen molar-refractivity contribution in [2.75, 3.05) is 22.5 Å². The molecule has 29 heavy (non-hydrogen) atoms. The number of amides is 1. The number of carbonyl (C=O) groups is 1. The summed E-state index contributed by atoms with van der Waals surface area (Å²) in [6, 6.07) is 5.23. The van der Waals surface area contributed by atoms with Crippen LogP contribution in [0.4, 0.5) is 36.3 Å². The summed E-state index contributed by atoms with van der Waals surface area (Å²) >= 11 is 5.81. The van der Waals surface area contributed by atoms with E-state index in [1.165, 1.54) is 0 Å². The lowest BCUT2D eigenvalue weighted by molar-refractivity contribution is -0.137. The van der Waals surface area contributed by atoms with Gasteiger partial charge in [-0.3, -0.25) is 4.79 Å². The zero-order valence-corrected chi connectivity index (χ0v) is 17.1. The topological polar surface area (TPSA) is 78.9 Å². The standard InChI is InChI=1S/C17H17ClF3N5O.C2H6/c1-9(18)7-22-15-12(17(19,20)21)8-23-16(26-15)24-11-3-4-13-10(6-11)2-5-14(27)25-13;1-2/h3-4,6,8-9H,2,5,7H2,1H3,(H,25,27)(H2,22,23,24,26);1-2H3. The zero-order chi connectivity index (χ0) is 21.6. The van der Waals surface area contributed by atoms with Crippen molar-refractivity contribution in [2.24, 2.45) is 0 Å². The van der Waals surface area contributed by atoms with Crippen LogP contribution in [0.3, 0.4) is 0 Å². The van der Waals surface area contributed by atoms with E-state index in [0.29, 0.717) is 18.5 Å². The van der Waals surface area contributed by atoms with Crippen LogP contribution in [0.2, 0.25) is 0 Å². The summed E-state index contributed by atoms with van der Waals surface area (Å²) in [4.78, 5) is 19.1. The number of hydrogen-bond donors (Lipinski definition) is 3. The van der Waals surface area contributed by atoms with Gasteiger partial charge in [-0.25, -0.2) is 4.98 Å². The number of rotatable bonds is 5. The molecule has 1 aromatic carbocycles. The van der Waals surface area contributed by atoms with E-state index in [4.69, 9.17) is 11.6 Å².